The molecular formula is C12H25N3OS. The Labute approximate surface area is 110 Å². The number of rotatable bonds is 6. The first-order chi connectivity index (χ1) is 7.67. The summed E-state index contributed by atoms with van der Waals surface area (Å²) in [6.45, 7) is 11.2. The van der Waals surface area contributed by atoms with E-state index in [1.54, 1.807) is 0 Å². The van der Waals surface area contributed by atoms with E-state index in [1.807, 2.05) is 32.6 Å². The molecule has 0 saturated carbocycles. The fourth-order valence-electron chi connectivity index (χ4n) is 1.54. The van der Waals surface area contributed by atoms with Gasteiger partial charge in [-0.1, -0.05) is 19.1 Å². The second kappa shape index (κ2) is 6.91. The molecule has 5 heteroatoms. The van der Waals surface area contributed by atoms with Crippen LogP contribution >= 0.6 is 12.2 Å². The quantitative estimate of drug-likeness (QED) is 0.706. The van der Waals surface area contributed by atoms with E-state index in [0.717, 1.165) is 13.0 Å². The van der Waals surface area contributed by atoms with Gasteiger partial charge in [0.15, 0.2) is 0 Å². The number of amides is 1. The maximum absolute atomic E-state index is 12.0. The van der Waals surface area contributed by atoms with Gasteiger partial charge in [-0.3, -0.25) is 9.69 Å². The third-order valence-electron chi connectivity index (χ3n) is 2.30. The second-order valence-corrected chi connectivity index (χ2v) is 5.88. The smallest absolute Gasteiger partial charge is 0.237 e. The monoisotopic (exact) mass is 259 g/mol. The Hall–Kier alpha value is -0.680. The molecule has 100 valence electrons. The van der Waals surface area contributed by atoms with E-state index in [-0.39, 0.29) is 17.5 Å². The van der Waals surface area contributed by atoms with Crippen molar-refractivity contribution < 1.29 is 4.79 Å². The van der Waals surface area contributed by atoms with Crippen molar-refractivity contribution in [3.05, 3.63) is 0 Å². The SMILES string of the molecule is CCCN(CC(N)=S)C(C)C(=O)NC(C)(C)C. The van der Waals surface area contributed by atoms with Crippen LogP contribution in [0.3, 0.4) is 0 Å². The van der Waals surface area contributed by atoms with Crippen LogP contribution in [0.5, 0.6) is 0 Å². The summed E-state index contributed by atoms with van der Waals surface area (Å²) in [5.74, 6) is 0.0159. The van der Waals surface area contributed by atoms with E-state index in [9.17, 15) is 4.79 Å². The van der Waals surface area contributed by atoms with Crippen LogP contribution in [0.15, 0.2) is 0 Å². The maximum Gasteiger partial charge on any atom is 0.237 e. The zero-order valence-corrected chi connectivity index (χ0v) is 12.4. The van der Waals surface area contributed by atoms with Gasteiger partial charge < -0.3 is 11.1 Å². The van der Waals surface area contributed by atoms with Gasteiger partial charge in [0.05, 0.1) is 11.0 Å². The average molecular weight is 259 g/mol. The summed E-state index contributed by atoms with van der Waals surface area (Å²) >= 11 is 4.91. The summed E-state index contributed by atoms with van der Waals surface area (Å²) in [4.78, 5) is 14.4. The molecule has 1 unspecified atom stereocenters. The molecule has 0 radical (unpaired) electrons. The lowest BCUT2D eigenvalue weighted by atomic mass is 10.1. The first-order valence-corrected chi connectivity index (χ1v) is 6.42. The van der Waals surface area contributed by atoms with Crippen LogP contribution in [0, 0.1) is 0 Å². The van der Waals surface area contributed by atoms with E-state index in [4.69, 9.17) is 18.0 Å². The number of nitrogens with two attached hydrogens (primary N) is 1. The Balaban J connectivity index is 4.54. The highest BCUT2D eigenvalue weighted by atomic mass is 32.1. The minimum absolute atomic E-state index is 0.0159. The van der Waals surface area contributed by atoms with E-state index >= 15 is 0 Å². The van der Waals surface area contributed by atoms with Crippen LogP contribution in [0.25, 0.3) is 0 Å². The highest BCUT2D eigenvalue weighted by Gasteiger charge is 2.24. The molecule has 0 rings (SSSR count). The Kier molecular flexibility index (Phi) is 6.64. The van der Waals surface area contributed by atoms with E-state index in [0.29, 0.717) is 11.5 Å². The highest BCUT2D eigenvalue weighted by molar-refractivity contribution is 7.80. The van der Waals surface area contributed by atoms with Gasteiger partial charge in [0.25, 0.3) is 0 Å². The average Bonchev–Trinajstić information content (AvgIpc) is 2.12. The zero-order valence-electron chi connectivity index (χ0n) is 11.5. The van der Waals surface area contributed by atoms with Crippen LogP contribution in [0.1, 0.15) is 41.0 Å². The fraction of sp³-hybridized carbons (Fsp3) is 0.833. The van der Waals surface area contributed by atoms with Gasteiger partial charge in [0, 0.05) is 12.1 Å². The summed E-state index contributed by atoms with van der Waals surface area (Å²) < 4.78 is 0. The van der Waals surface area contributed by atoms with Gasteiger partial charge >= 0.3 is 0 Å². The Morgan fingerprint density at radius 2 is 2.00 bits per heavy atom. The Morgan fingerprint density at radius 3 is 2.35 bits per heavy atom. The molecule has 17 heavy (non-hydrogen) atoms. The molecule has 0 aliphatic carbocycles. The number of carbonyl (C=O) groups is 1. The third-order valence-corrected chi connectivity index (χ3v) is 2.42. The van der Waals surface area contributed by atoms with Crippen molar-refractivity contribution in [2.24, 2.45) is 5.73 Å². The van der Waals surface area contributed by atoms with Gasteiger partial charge in [-0.05, 0) is 40.7 Å². The zero-order chi connectivity index (χ0) is 13.6. The summed E-state index contributed by atoms with van der Waals surface area (Å²) in [7, 11) is 0. The number of nitrogens with one attached hydrogen (secondary N) is 1. The van der Waals surface area contributed by atoms with Crippen LogP contribution < -0.4 is 11.1 Å². The number of carbonyl (C=O) groups excluding carboxylic acids is 1. The first kappa shape index (κ1) is 16.3. The molecule has 4 nitrogen and oxygen atoms in total. The Morgan fingerprint density at radius 1 is 1.47 bits per heavy atom. The normalized spacial score (nSPS) is 13.5. The fourth-order valence-corrected chi connectivity index (χ4v) is 1.70. The molecule has 0 aliphatic heterocycles. The van der Waals surface area contributed by atoms with Crippen LogP contribution in [-0.2, 0) is 4.79 Å². The van der Waals surface area contributed by atoms with Crippen molar-refractivity contribution in [1.82, 2.24) is 10.2 Å². The minimum atomic E-state index is -0.216. The largest absolute Gasteiger partial charge is 0.392 e. The second-order valence-electron chi connectivity index (χ2n) is 5.35. The highest BCUT2D eigenvalue weighted by Crippen LogP contribution is 2.05. The van der Waals surface area contributed by atoms with Gasteiger partial charge in [0.2, 0.25) is 5.91 Å². The first-order valence-electron chi connectivity index (χ1n) is 6.01. The van der Waals surface area contributed by atoms with Crippen molar-refractivity contribution >= 4 is 23.1 Å². The molecule has 3 N–H and O–H groups in total. The van der Waals surface area contributed by atoms with E-state index in [1.165, 1.54) is 0 Å². The van der Waals surface area contributed by atoms with Crippen molar-refractivity contribution in [3.8, 4) is 0 Å². The molecule has 0 heterocycles. The summed E-state index contributed by atoms with van der Waals surface area (Å²) in [5.41, 5.74) is 5.33. The summed E-state index contributed by atoms with van der Waals surface area (Å²) in [6, 6.07) is -0.212. The van der Waals surface area contributed by atoms with E-state index < -0.39 is 0 Å². The molecule has 1 amide bonds. The van der Waals surface area contributed by atoms with Gasteiger partial charge in [-0.25, -0.2) is 0 Å². The number of nitrogens with zero attached hydrogens (tertiary/aromatic N) is 1. The van der Waals surface area contributed by atoms with Crippen LogP contribution in [-0.4, -0.2) is 40.5 Å². The van der Waals surface area contributed by atoms with Gasteiger partial charge in [0.1, 0.15) is 0 Å². The molecule has 0 saturated heterocycles. The molecule has 0 aromatic heterocycles. The van der Waals surface area contributed by atoms with Gasteiger partial charge in [-0.2, -0.15) is 0 Å². The molecule has 1 atom stereocenters. The van der Waals surface area contributed by atoms with Crippen molar-refractivity contribution in [3.63, 3.8) is 0 Å². The van der Waals surface area contributed by atoms with Crippen LogP contribution in [0.2, 0.25) is 0 Å². The molecule has 0 aromatic rings. The predicted octanol–water partition coefficient (Wildman–Crippen LogP) is 1.29. The predicted molar refractivity (Wildman–Crippen MR) is 76.0 cm³/mol. The van der Waals surface area contributed by atoms with E-state index in [2.05, 4.69) is 12.2 Å². The van der Waals surface area contributed by atoms with Crippen LogP contribution in [0.4, 0.5) is 0 Å². The molecule has 0 bridgehead atoms. The lowest BCUT2D eigenvalue weighted by Gasteiger charge is -2.30. The lowest BCUT2D eigenvalue weighted by Crippen LogP contribution is -2.52. The minimum Gasteiger partial charge on any atom is -0.392 e. The molecular weight excluding hydrogens is 234 g/mol. The number of thiocarbonyl (C=S) groups is 1. The Bertz CT molecular complexity index is 273. The standard InChI is InChI=1S/C12H25N3OS/c1-6-7-15(8-10(13)17)9(2)11(16)14-12(3,4)5/h9H,6-8H2,1-5H3,(H2,13,17)(H,14,16). The van der Waals surface area contributed by atoms with Crippen molar-refractivity contribution in [1.29, 1.82) is 0 Å². The van der Waals surface area contributed by atoms with Crippen molar-refractivity contribution in [2.75, 3.05) is 13.1 Å². The summed E-state index contributed by atoms with van der Waals surface area (Å²) in [6.07, 6.45) is 0.968. The molecule has 0 aliphatic rings. The lowest BCUT2D eigenvalue weighted by molar-refractivity contribution is -0.127. The van der Waals surface area contributed by atoms with Crippen molar-refractivity contribution in [2.45, 2.75) is 52.6 Å². The topological polar surface area (TPSA) is 58.4 Å². The number of hydrogen-bond donors (Lipinski definition) is 2. The number of hydrogen-bond acceptors (Lipinski definition) is 3. The summed E-state index contributed by atoms with van der Waals surface area (Å²) in [5, 5.41) is 2.97. The maximum atomic E-state index is 12.0. The molecule has 0 aromatic carbocycles. The molecule has 0 fully saturated rings. The third kappa shape index (κ3) is 7.28. The van der Waals surface area contributed by atoms with Gasteiger partial charge in [-0.15, -0.1) is 0 Å². The molecule has 0 spiro atoms.